The van der Waals surface area contributed by atoms with Gasteiger partial charge in [-0.3, -0.25) is 4.79 Å². The number of aliphatic hydroxyl groups is 1. The van der Waals surface area contributed by atoms with Crippen LogP contribution in [0.4, 0.5) is 5.69 Å². The molecule has 2 rings (SSSR count). The zero-order valence-corrected chi connectivity index (χ0v) is 9.31. The van der Waals surface area contributed by atoms with Gasteiger partial charge >= 0.3 is 0 Å². The third-order valence-electron chi connectivity index (χ3n) is 2.98. The highest BCUT2D eigenvalue weighted by molar-refractivity contribution is 5.99. The monoisotopic (exact) mass is 220 g/mol. The molecule has 1 unspecified atom stereocenters. The molecule has 1 amide bonds. The van der Waals surface area contributed by atoms with Gasteiger partial charge in [-0.05, 0) is 31.2 Å². The van der Waals surface area contributed by atoms with Crippen LogP contribution in [0.3, 0.4) is 0 Å². The first kappa shape index (κ1) is 11.1. The van der Waals surface area contributed by atoms with E-state index in [-0.39, 0.29) is 18.6 Å². The van der Waals surface area contributed by atoms with Gasteiger partial charge in [-0.2, -0.15) is 0 Å². The van der Waals surface area contributed by atoms with E-state index in [9.17, 15) is 4.79 Å². The first-order valence-electron chi connectivity index (χ1n) is 5.44. The lowest BCUT2D eigenvalue weighted by atomic mass is 10.2. The number of anilines is 1. The SMILES string of the molecule is CNC1CCN(c2ccc(CO)cc2)C1=O. The van der Waals surface area contributed by atoms with E-state index in [2.05, 4.69) is 5.32 Å². The van der Waals surface area contributed by atoms with Crippen molar-refractivity contribution in [1.29, 1.82) is 0 Å². The number of amides is 1. The van der Waals surface area contributed by atoms with Crippen molar-refractivity contribution in [2.24, 2.45) is 0 Å². The van der Waals surface area contributed by atoms with E-state index < -0.39 is 0 Å². The number of carbonyl (C=O) groups is 1. The van der Waals surface area contributed by atoms with Crippen molar-refractivity contribution in [3.63, 3.8) is 0 Å². The Bertz CT molecular complexity index is 375. The van der Waals surface area contributed by atoms with Gasteiger partial charge in [0, 0.05) is 12.2 Å². The predicted molar refractivity (Wildman–Crippen MR) is 62.2 cm³/mol. The quantitative estimate of drug-likeness (QED) is 0.780. The lowest BCUT2D eigenvalue weighted by molar-refractivity contribution is -0.118. The van der Waals surface area contributed by atoms with Gasteiger partial charge in [0.05, 0.1) is 12.6 Å². The van der Waals surface area contributed by atoms with Gasteiger partial charge in [-0.1, -0.05) is 12.1 Å². The molecule has 0 saturated carbocycles. The Morgan fingerprint density at radius 1 is 1.44 bits per heavy atom. The van der Waals surface area contributed by atoms with E-state index in [0.717, 1.165) is 24.2 Å². The number of nitrogens with zero attached hydrogens (tertiary/aromatic N) is 1. The molecule has 0 aliphatic carbocycles. The highest BCUT2D eigenvalue weighted by Crippen LogP contribution is 2.21. The van der Waals surface area contributed by atoms with Crippen molar-refractivity contribution < 1.29 is 9.90 Å². The van der Waals surface area contributed by atoms with Crippen LogP contribution in [0, 0.1) is 0 Å². The molecule has 1 heterocycles. The highest BCUT2D eigenvalue weighted by Gasteiger charge is 2.30. The summed E-state index contributed by atoms with van der Waals surface area (Å²) in [4.78, 5) is 13.7. The Labute approximate surface area is 94.9 Å². The summed E-state index contributed by atoms with van der Waals surface area (Å²) < 4.78 is 0. The largest absolute Gasteiger partial charge is 0.392 e. The van der Waals surface area contributed by atoms with Crippen LogP contribution in [0.2, 0.25) is 0 Å². The molecule has 1 fully saturated rings. The van der Waals surface area contributed by atoms with Gasteiger partial charge in [-0.25, -0.2) is 0 Å². The van der Waals surface area contributed by atoms with Crippen LogP contribution in [0.15, 0.2) is 24.3 Å². The molecule has 4 heteroatoms. The van der Waals surface area contributed by atoms with Gasteiger partial charge in [0.15, 0.2) is 0 Å². The highest BCUT2D eigenvalue weighted by atomic mass is 16.3. The number of hydrogen-bond acceptors (Lipinski definition) is 3. The van der Waals surface area contributed by atoms with E-state index in [4.69, 9.17) is 5.11 Å². The summed E-state index contributed by atoms with van der Waals surface area (Å²) >= 11 is 0. The maximum atomic E-state index is 11.9. The molecule has 0 spiro atoms. The second-order valence-corrected chi connectivity index (χ2v) is 3.94. The molecule has 0 aromatic heterocycles. The minimum Gasteiger partial charge on any atom is -0.392 e. The summed E-state index contributed by atoms with van der Waals surface area (Å²) in [7, 11) is 1.81. The zero-order valence-electron chi connectivity index (χ0n) is 9.31. The van der Waals surface area contributed by atoms with Crippen molar-refractivity contribution in [1.82, 2.24) is 5.32 Å². The molecular weight excluding hydrogens is 204 g/mol. The van der Waals surface area contributed by atoms with Crippen LogP contribution >= 0.6 is 0 Å². The number of hydrogen-bond donors (Lipinski definition) is 2. The molecule has 16 heavy (non-hydrogen) atoms. The van der Waals surface area contributed by atoms with Crippen molar-refractivity contribution in [2.45, 2.75) is 19.1 Å². The number of benzene rings is 1. The summed E-state index contributed by atoms with van der Waals surface area (Å²) in [6, 6.07) is 7.38. The Morgan fingerprint density at radius 2 is 2.12 bits per heavy atom. The lowest BCUT2D eigenvalue weighted by Crippen LogP contribution is -2.36. The summed E-state index contributed by atoms with van der Waals surface area (Å²) in [5.74, 6) is 0.124. The number of rotatable bonds is 3. The molecule has 1 atom stereocenters. The van der Waals surface area contributed by atoms with E-state index >= 15 is 0 Å². The maximum Gasteiger partial charge on any atom is 0.244 e. The fourth-order valence-corrected chi connectivity index (χ4v) is 1.99. The van der Waals surface area contributed by atoms with E-state index in [1.165, 1.54) is 0 Å². The van der Waals surface area contributed by atoms with Crippen LogP contribution < -0.4 is 10.2 Å². The van der Waals surface area contributed by atoms with Gasteiger partial charge < -0.3 is 15.3 Å². The standard InChI is InChI=1S/C12H16N2O2/c1-13-11-6-7-14(12(11)16)10-4-2-9(8-15)3-5-10/h2-5,11,13,15H,6-8H2,1H3. The normalized spacial score (nSPS) is 20.5. The second kappa shape index (κ2) is 4.63. The van der Waals surface area contributed by atoms with Crippen molar-refractivity contribution >= 4 is 11.6 Å². The fourth-order valence-electron chi connectivity index (χ4n) is 1.99. The Morgan fingerprint density at radius 3 is 2.62 bits per heavy atom. The molecule has 1 aromatic rings. The molecule has 0 bridgehead atoms. The van der Waals surface area contributed by atoms with Gasteiger partial charge in [0.25, 0.3) is 0 Å². The van der Waals surface area contributed by atoms with E-state index in [1.54, 1.807) is 11.9 Å². The minimum atomic E-state index is -0.0579. The fraction of sp³-hybridized carbons (Fsp3) is 0.417. The van der Waals surface area contributed by atoms with Crippen molar-refractivity contribution in [3.05, 3.63) is 29.8 Å². The lowest BCUT2D eigenvalue weighted by Gasteiger charge is -2.16. The molecule has 1 aromatic carbocycles. The Kier molecular flexibility index (Phi) is 3.22. The Balaban J connectivity index is 2.16. The molecular formula is C12H16N2O2. The molecule has 4 nitrogen and oxygen atoms in total. The summed E-state index contributed by atoms with van der Waals surface area (Å²) in [5.41, 5.74) is 1.76. The first-order valence-corrected chi connectivity index (χ1v) is 5.44. The number of likely N-dealkylation sites (N-methyl/N-ethyl adjacent to an activating group) is 1. The predicted octanol–water partition coefficient (Wildman–Crippen LogP) is 0.504. The van der Waals surface area contributed by atoms with Crippen LogP contribution in [0.1, 0.15) is 12.0 Å². The molecule has 0 radical (unpaired) electrons. The Hall–Kier alpha value is -1.39. The van der Waals surface area contributed by atoms with Crippen molar-refractivity contribution in [3.8, 4) is 0 Å². The first-order chi connectivity index (χ1) is 7.76. The van der Waals surface area contributed by atoms with Gasteiger partial charge in [-0.15, -0.1) is 0 Å². The van der Waals surface area contributed by atoms with Gasteiger partial charge in [0.2, 0.25) is 5.91 Å². The van der Waals surface area contributed by atoms with Crippen LogP contribution in [-0.2, 0) is 11.4 Å². The minimum absolute atomic E-state index is 0.0351. The van der Waals surface area contributed by atoms with E-state index in [0.29, 0.717) is 0 Å². The van der Waals surface area contributed by atoms with Crippen LogP contribution in [0.25, 0.3) is 0 Å². The second-order valence-electron chi connectivity index (χ2n) is 3.94. The maximum absolute atomic E-state index is 11.9. The molecule has 1 aliphatic heterocycles. The summed E-state index contributed by atoms with van der Waals surface area (Å²) in [6.07, 6.45) is 0.844. The molecule has 1 saturated heterocycles. The van der Waals surface area contributed by atoms with Crippen molar-refractivity contribution in [2.75, 3.05) is 18.5 Å². The van der Waals surface area contributed by atoms with Gasteiger partial charge in [0.1, 0.15) is 0 Å². The average Bonchev–Trinajstić information content (AvgIpc) is 2.70. The number of carbonyl (C=O) groups excluding carboxylic acids is 1. The van der Waals surface area contributed by atoms with Crippen LogP contribution in [-0.4, -0.2) is 30.6 Å². The topological polar surface area (TPSA) is 52.6 Å². The molecule has 1 aliphatic rings. The average molecular weight is 220 g/mol. The summed E-state index contributed by atoms with van der Waals surface area (Å²) in [5, 5.41) is 11.9. The van der Waals surface area contributed by atoms with Crippen LogP contribution in [0.5, 0.6) is 0 Å². The summed E-state index contributed by atoms with van der Waals surface area (Å²) in [6.45, 7) is 0.788. The number of nitrogens with one attached hydrogen (secondary N) is 1. The smallest absolute Gasteiger partial charge is 0.244 e. The third kappa shape index (κ3) is 1.94. The third-order valence-corrected chi connectivity index (χ3v) is 2.98. The zero-order chi connectivity index (χ0) is 11.5. The molecule has 2 N–H and O–H groups in total. The number of aliphatic hydroxyl groups excluding tert-OH is 1. The van der Waals surface area contributed by atoms with E-state index in [1.807, 2.05) is 24.3 Å². The molecule has 86 valence electrons.